The van der Waals surface area contributed by atoms with Crippen LogP contribution >= 0.6 is 0 Å². The monoisotopic (exact) mass is 182 g/mol. The summed E-state index contributed by atoms with van der Waals surface area (Å²) in [5.41, 5.74) is 1.04. The molecule has 2 rings (SSSR count). The van der Waals surface area contributed by atoms with Crippen LogP contribution in [0, 0.1) is 5.82 Å². The Bertz CT molecular complexity index is 312. The maximum Gasteiger partial charge on any atom is 0.126 e. The van der Waals surface area contributed by atoms with E-state index in [1.165, 1.54) is 12.1 Å². The first-order valence-electron chi connectivity index (χ1n) is 4.22. The van der Waals surface area contributed by atoms with Crippen molar-refractivity contribution in [3.05, 3.63) is 29.6 Å². The molecule has 1 aliphatic heterocycles. The molecule has 0 aliphatic carbocycles. The lowest BCUT2D eigenvalue weighted by molar-refractivity contribution is 0.166. The Balaban J connectivity index is 2.27. The lowest BCUT2D eigenvalue weighted by Gasteiger charge is -2.05. The molecular weight excluding hydrogens is 171 g/mol. The minimum absolute atomic E-state index is 0.251. The van der Waals surface area contributed by atoms with Crippen LogP contribution in [-0.2, 0) is 4.74 Å². The van der Waals surface area contributed by atoms with Crippen molar-refractivity contribution in [2.45, 2.75) is 5.92 Å². The molecular formula is C10H11FO2. The Kier molecular flexibility index (Phi) is 2.19. The summed E-state index contributed by atoms with van der Waals surface area (Å²) < 4.78 is 23.1. The lowest BCUT2D eigenvalue weighted by Crippen LogP contribution is -2.07. The van der Waals surface area contributed by atoms with Gasteiger partial charge < -0.3 is 9.47 Å². The molecule has 1 atom stereocenters. The van der Waals surface area contributed by atoms with E-state index < -0.39 is 0 Å². The van der Waals surface area contributed by atoms with Gasteiger partial charge in [-0.1, -0.05) is 6.07 Å². The summed E-state index contributed by atoms with van der Waals surface area (Å²) in [6.07, 6.45) is 0. The molecule has 1 aromatic rings. The predicted octanol–water partition coefficient (Wildman–Crippen LogP) is 1.95. The molecule has 0 bridgehead atoms. The Hall–Kier alpha value is -1.09. The van der Waals surface area contributed by atoms with Gasteiger partial charge in [-0.3, -0.25) is 0 Å². The largest absolute Gasteiger partial charge is 0.492 e. The molecule has 70 valence electrons. The molecule has 0 amide bonds. The van der Waals surface area contributed by atoms with Gasteiger partial charge in [0, 0.05) is 24.7 Å². The standard InChI is InChI=1S/C10H11FO2/c1-12-5-7-6-13-10-4-8(11)2-3-9(7)10/h2-4,7H,5-6H2,1H3/t7-/m1/s1. The molecule has 0 spiro atoms. The van der Waals surface area contributed by atoms with Gasteiger partial charge in [0.1, 0.15) is 11.6 Å². The maximum atomic E-state index is 12.8. The molecule has 0 unspecified atom stereocenters. The zero-order chi connectivity index (χ0) is 9.26. The third-order valence-corrected chi connectivity index (χ3v) is 2.22. The van der Waals surface area contributed by atoms with Gasteiger partial charge in [0.15, 0.2) is 0 Å². The molecule has 1 aliphatic rings. The first-order valence-corrected chi connectivity index (χ1v) is 4.22. The van der Waals surface area contributed by atoms with Crippen molar-refractivity contribution in [3.8, 4) is 5.75 Å². The van der Waals surface area contributed by atoms with Crippen LogP contribution in [0.15, 0.2) is 18.2 Å². The van der Waals surface area contributed by atoms with E-state index in [0.717, 1.165) is 5.56 Å². The third-order valence-electron chi connectivity index (χ3n) is 2.22. The maximum absolute atomic E-state index is 12.8. The smallest absolute Gasteiger partial charge is 0.126 e. The van der Waals surface area contributed by atoms with Crippen LogP contribution < -0.4 is 4.74 Å². The summed E-state index contributed by atoms with van der Waals surface area (Å²) in [6.45, 7) is 1.21. The van der Waals surface area contributed by atoms with E-state index in [-0.39, 0.29) is 11.7 Å². The first-order chi connectivity index (χ1) is 6.31. The number of fused-ring (bicyclic) bond motifs is 1. The van der Waals surface area contributed by atoms with Gasteiger partial charge in [-0.05, 0) is 6.07 Å². The van der Waals surface area contributed by atoms with Crippen LogP contribution in [0.3, 0.4) is 0 Å². The summed E-state index contributed by atoms with van der Waals surface area (Å²) in [4.78, 5) is 0. The number of halogens is 1. The van der Waals surface area contributed by atoms with Crippen LogP contribution in [0.1, 0.15) is 11.5 Å². The minimum Gasteiger partial charge on any atom is -0.492 e. The average molecular weight is 182 g/mol. The molecule has 0 saturated heterocycles. The molecule has 0 N–H and O–H groups in total. The van der Waals surface area contributed by atoms with E-state index in [0.29, 0.717) is 19.0 Å². The van der Waals surface area contributed by atoms with Crippen molar-refractivity contribution in [3.63, 3.8) is 0 Å². The van der Waals surface area contributed by atoms with Gasteiger partial charge in [-0.15, -0.1) is 0 Å². The summed E-state index contributed by atoms with van der Waals surface area (Å²) in [5.74, 6) is 0.652. The molecule has 2 nitrogen and oxygen atoms in total. The highest BCUT2D eigenvalue weighted by atomic mass is 19.1. The molecule has 1 aromatic carbocycles. The van der Waals surface area contributed by atoms with Crippen molar-refractivity contribution >= 4 is 0 Å². The highest BCUT2D eigenvalue weighted by Crippen LogP contribution is 2.34. The van der Waals surface area contributed by atoms with Gasteiger partial charge in [-0.25, -0.2) is 4.39 Å². The molecule has 1 heterocycles. The van der Waals surface area contributed by atoms with E-state index in [1.54, 1.807) is 13.2 Å². The van der Waals surface area contributed by atoms with E-state index in [4.69, 9.17) is 9.47 Å². The molecule has 0 radical (unpaired) electrons. The summed E-state index contributed by atoms with van der Waals surface area (Å²) in [7, 11) is 1.65. The van der Waals surface area contributed by atoms with Crippen LogP contribution in [-0.4, -0.2) is 20.3 Å². The quantitative estimate of drug-likeness (QED) is 0.696. The number of methoxy groups -OCH3 is 1. The Morgan fingerprint density at radius 1 is 1.62 bits per heavy atom. The highest BCUT2D eigenvalue weighted by molar-refractivity contribution is 5.40. The fraction of sp³-hybridized carbons (Fsp3) is 0.400. The topological polar surface area (TPSA) is 18.5 Å². The van der Waals surface area contributed by atoms with Gasteiger partial charge in [0.2, 0.25) is 0 Å². The minimum atomic E-state index is -0.253. The van der Waals surface area contributed by atoms with Crippen molar-refractivity contribution < 1.29 is 13.9 Å². The van der Waals surface area contributed by atoms with E-state index in [1.807, 2.05) is 0 Å². The number of rotatable bonds is 2. The normalized spacial score (nSPS) is 19.7. The van der Waals surface area contributed by atoms with Crippen LogP contribution in [0.25, 0.3) is 0 Å². The summed E-state index contributed by atoms with van der Waals surface area (Å²) in [6, 6.07) is 4.64. The average Bonchev–Trinajstić information content (AvgIpc) is 2.49. The first kappa shape index (κ1) is 8.51. The van der Waals surface area contributed by atoms with Crippen LogP contribution in [0.5, 0.6) is 5.75 Å². The van der Waals surface area contributed by atoms with Crippen molar-refractivity contribution in [1.29, 1.82) is 0 Å². The van der Waals surface area contributed by atoms with Crippen molar-refractivity contribution in [2.24, 2.45) is 0 Å². The Labute approximate surface area is 76.3 Å². The van der Waals surface area contributed by atoms with Gasteiger partial charge in [0.05, 0.1) is 13.2 Å². The summed E-state index contributed by atoms with van der Waals surface area (Å²) in [5, 5.41) is 0. The predicted molar refractivity (Wildman–Crippen MR) is 46.5 cm³/mol. The van der Waals surface area contributed by atoms with Gasteiger partial charge in [-0.2, -0.15) is 0 Å². The fourth-order valence-corrected chi connectivity index (χ4v) is 1.59. The molecule has 0 aromatic heterocycles. The number of hydrogen-bond donors (Lipinski definition) is 0. The second-order valence-corrected chi connectivity index (χ2v) is 3.15. The second-order valence-electron chi connectivity index (χ2n) is 3.15. The molecule has 0 fully saturated rings. The number of hydrogen-bond acceptors (Lipinski definition) is 2. The number of benzene rings is 1. The number of ether oxygens (including phenoxy) is 2. The molecule has 3 heteroatoms. The third kappa shape index (κ3) is 1.52. The summed E-state index contributed by atoms with van der Waals surface area (Å²) >= 11 is 0. The van der Waals surface area contributed by atoms with E-state index in [9.17, 15) is 4.39 Å². The van der Waals surface area contributed by atoms with Gasteiger partial charge in [0.25, 0.3) is 0 Å². The zero-order valence-electron chi connectivity index (χ0n) is 7.42. The Morgan fingerprint density at radius 3 is 3.23 bits per heavy atom. The molecule has 0 saturated carbocycles. The van der Waals surface area contributed by atoms with E-state index >= 15 is 0 Å². The van der Waals surface area contributed by atoms with Crippen LogP contribution in [0.2, 0.25) is 0 Å². The zero-order valence-corrected chi connectivity index (χ0v) is 7.42. The lowest BCUT2D eigenvalue weighted by atomic mass is 10.0. The fourth-order valence-electron chi connectivity index (χ4n) is 1.59. The van der Waals surface area contributed by atoms with Crippen molar-refractivity contribution in [2.75, 3.05) is 20.3 Å². The van der Waals surface area contributed by atoms with E-state index in [2.05, 4.69) is 0 Å². The van der Waals surface area contributed by atoms with Crippen molar-refractivity contribution in [1.82, 2.24) is 0 Å². The SMILES string of the molecule is COC[C@@H]1COc2cc(F)ccc21. The van der Waals surface area contributed by atoms with Crippen LogP contribution in [0.4, 0.5) is 4.39 Å². The second kappa shape index (κ2) is 3.34. The van der Waals surface area contributed by atoms with Gasteiger partial charge >= 0.3 is 0 Å². The Morgan fingerprint density at radius 2 is 2.46 bits per heavy atom. The highest BCUT2D eigenvalue weighted by Gasteiger charge is 2.23. The molecule has 13 heavy (non-hydrogen) atoms.